The summed E-state index contributed by atoms with van der Waals surface area (Å²) < 4.78 is 0. The molecule has 0 heterocycles. The normalized spacial score (nSPS) is 9.56. The SMILES string of the molecule is O=Cc1cccc2cc(C#CCO)ccc12. The van der Waals surface area contributed by atoms with E-state index >= 15 is 0 Å². The van der Waals surface area contributed by atoms with E-state index in [2.05, 4.69) is 11.8 Å². The first-order valence-electron chi connectivity index (χ1n) is 4.93. The molecule has 0 saturated carbocycles. The van der Waals surface area contributed by atoms with Gasteiger partial charge in [-0.3, -0.25) is 4.79 Å². The number of hydrogen-bond acceptors (Lipinski definition) is 2. The molecular weight excluding hydrogens is 200 g/mol. The first-order chi connectivity index (χ1) is 7.85. The summed E-state index contributed by atoms with van der Waals surface area (Å²) in [5, 5.41) is 10.5. The van der Waals surface area contributed by atoms with Gasteiger partial charge in [-0.15, -0.1) is 0 Å². The molecule has 0 spiro atoms. The number of carbonyl (C=O) groups is 1. The highest BCUT2D eigenvalue weighted by molar-refractivity contribution is 5.98. The minimum atomic E-state index is -0.146. The van der Waals surface area contributed by atoms with Crippen LogP contribution in [0.1, 0.15) is 15.9 Å². The first kappa shape index (κ1) is 10.4. The van der Waals surface area contributed by atoms with Crippen molar-refractivity contribution >= 4 is 17.1 Å². The fourth-order valence-electron chi connectivity index (χ4n) is 1.63. The van der Waals surface area contributed by atoms with Crippen LogP contribution in [0.15, 0.2) is 36.4 Å². The van der Waals surface area contributed by atoms with E-state index in [0.717, 1.165) is 22.6 Å². The van der Waals surface area contributed by atoms with Crippen LogP contribution in [0.25, 0.3) is 10.8 Å². The van der Waals surface area contributed by atoms with Crippen molar-refractivity contribution in [3.63, 3.8) is 0 Å². The third kappa shape index (κ3) is 1.95. The van der Waals surface area contributed by atoms with E-state index in [-0.39, 0.29) is 6.61 Å². The van der Waals surface area contributed by atoms with E-state index in [1.54, 1.807) is 6.07 Å². The van der Waals surface area contributed by atoms with Crippen LogP contribution in [0.4, 0.5) is 0 Å². The molecule has 0 bridgehead atoms. The molecule has 0 saturated heterocycles. The average Bonchev–Trinajstić information content (AvgIpc) is 2.35. The van der Waals surface area contributed by atoms with E-state index in [4.69, 9.17) is 5.11 Å². The van der Waals surface area contributed by atoms with Crippen molar-refractivity contribution in [3.05, 3.63) is 47.5 Å². The lowest BCUT2D eigenvalue weighted by Crippen LogP contribution is -1.84. The molecule has 2 heteroatoms. The molecule has 1 N–H and O–H groups in total. The Kier molecular flexibility index (Phi) is 3.00. The number of hydrogen-bond donors (Lipinski definition) is 1. The molecule has 0 radical (unpaired) electrons. The van der Waals surface area contributed by atoms with Crippen molar-refractivity contribution in [1.29, 1.82) is 0 Å². The van der Waals surface area contributed by atoms with Crippen molar-refractivity contribution in [2.45, 2.75) is 0 Å². The Morgan fingerprint density at radius 1 is 1.25 bits per heavy atom. The van der Waals surface area contributed by atoms with Crippen molar-refractivity contribution < 1.29 is 9.90 Å². The molecule has 0 aliphatic rings. The molecule has 2 nitrogen and oxygen atoms in total. The Labute approximate surface area is 93.5 Å². The molecule has 2 rings (SSSR count). The van der Waals surface area contributed by atoms with E-state index in [1.165, 1.54) is 0 Å². The van der Waals surface area contributed by atoms with Crippen LogP contribution in [0.3, 0.4) is 0 Å². The lowest BCUT2D eigenvalue weighted by atomic mass is 10.0. The number of aliphatic hydroxyl groups excluding tert-OH is 1. The summed E-state index contributed by atoms with van der Waals surface area (Å²) in [6.45, 7) is -0.146. The molecule has 0 aliphatic carbocycles. The minimum Gasteiger partial charge on any atom is -0.384 e. The highest BCUT2D eigenvalue weighted by Gasteiger charge is 1.99. The zero-order valence-electron chi connectivity index (χ0n) is 8.60. The van der Waals surface area contributed by atoms with Crippen LogP contribution in [0, 0.1) is 11.8 Å². The van der Waals surface area contributed by atoms with Gasteiger partial charge in [0.2, 0.25) is 0 Å². The largest absolute Gasteiger partial charge is 0.384 e. The molecule has 0 amide bonds. The molecule has 2 aromatic rings. The molecule has 2 aromatic carbocycles. The number of fused-ring (bicyclic) bond motifs is 1. The van der Waals surface area contributed by atoms with Gasteiger partial charge < -0.3 is 5.11 Å². The summed E-state index contributed by atoms with van der Waals surface area (Å²) in [5.74, 6) is 5.43. The average molecular weight is 210 g/mol. The highest BCUT2D eigenvalue weighted by atomic mass is 16.2. The number of rotatable bonds is 1. The maximum absolute atomic E-state index is 10.8. The summed E-state index contributed by atoms with van der Waals surface area (Å²) >= 11 is 0. The van der Waals surface area contributed by atoms with E-state index < -0.39 is 0 Å². The molecule has 0 aromatic heterocycles. The zero-order chi connectivity index (χ0) is 11.4. The lowest BCUT2D eigenvalue weighted by molar-refractivity contribution is 0.112. The maximum Gasteiger partial charge on any atom is 0.150 e. The van der Waals surface area contributed by atoms with Crippen LogP contribution in [-0.4, -0.2) is 18.0 Å². The van der Waals surface area contributed by atoms with Gasteiger partial charge in [0, 0.05) is 11.1 Å². The van der Waals surface area contributed by atoms with Gasteiger partial charge in [0.1, 0.15) is 6.61 Å². The third-order valence-electron chi connectivity index (χ3n) is 2.35. The van der Waals surface area contributed by atoms with Crippen molar-refractivity contribution in [2.75, 3.05) is 6.61 Å². The fourth-order valence-corrected chi connectivity index (χ4v) is 1.63. The predicted octanol–water partition coefficient (Wildman–Crippen LogP) is 2.00. The van der Waals surface area contributed by atoms with Crippen molar-refractivity contribution in [1.82, 2.24) is 0 Å². The van der Waals surface area contributed by atoms with Crippen molar-refractivity contribution in [2.24, 2.45) is 0 Å². The molecule has 78 valence electrons. The topological polar surface area (TPSA) is 37.3 Å². The van der Waals surface area contributed by atoms with Crippen LogP contribution < -0.4 is 0 Å². The van der Waals surface area contributed by atoms with Crippen LogP contribution in [0.2, 0.25) is 0 Å². The smallest absolute Gasteiger partial charge is 0.150 e. The molecular formula is C14H10O2. The second kappa shape index (κ2) is 4.61. The highest BCUT2D eigenvalue weighted by Crippen LogP contribution is 2.18. The van der Waals surface area contributed by atoms with Crippen LogP contribution >= 0.6 is 0 Å². The van der Waals surface area contributed by atoms with Crippen molar-refractivity contribution in [3.8, 4) is 11.8 Å². The Morgan fingerprint density at radius 3 is 2.88 bits per heavy atom. The van der Waals surface area contributed by atoms with E-state index in [9.17, 15) is 4.79 Å². The third-order valence-corrected chi connectivity index (χ3v) is 2.35. The van der Waals surface area contributed by atoms with Gasteiger partial charge in [-0.05, 0) is 22.9 Å². The molecule has 0 unspecified atom stereocenters. The number of aliphatic hydroxyl groups is 1. The van der Waals surface area contributed by atoms with E-state index in [0.29, 0.717) is 5.56 Å². The summed E-state index contributed by atoms with van der Waals surface area (Å²) in [5.41, 5.74) is 1.52. The zero-order valence-corrected chi connectivity index (χ0v) is 8.60. The Bertz CT molecular complexity index is 588. The lowest BCUT2D eigenvalue weighted by Gasteiger charge is -2.00. The number of carbonyl (C=O) groups excluding carboxylic acids is 1. The molecule has 16 heavy (non-hydrogen) atoms. The Balaban J connectivity index is 2.59. The van der Waals surface area contributed by atoms with Gasteiger partial charge in [0.05, 0.1) is 0 Å². The van der Waals surface area contributed by atoms with Gasteiger partial charge in [-0.2, -0.15) is 0 Å². The fraction of sp³-hybridized carbons (Fsp3) is 0.0714. The second-order valence-corrected chi connectivity index (χ2v) is 3.36. The van der Waals surface area contributed by atoms with Gasteiger partial charge in [-0.1, -0.05) is 36.1 Å². The first-order valence-corrected chi connectivity index (χ1v) is 4.93. The predicted molar refractivity (Wildman–Crippen MR) is 63.3 cm³/mol. The molecule has 0 fully saturated rings. The van der Waals surface area contributed by atoms with Gasteiger partial charge in [0.25, 0.3) is 0 Å². The van der Waals surface area contributed by atoms with Gasteiger partial charge in [0.15, 0.2) is 6.29 Å². The number of aldehydes is 1. The van der Waals surface area contributed by atoms with E-state index in [1.807, 2.05) is 30.3 Å². The Hall–Kier alpha value is -2.11. The standard InChI is InChI=1S/C14H10O2/c15-8-2-3-11-6-7-14-12(9-11)4-1-5-13(14)10-16/h1,4-7,9-10,15H,8H2. The Morgan fingerprint density at radius 2 is 2.12 bits per heavy atom. The van der Waals surface area contributed by atoms with Gasteiger partial charge >= 0.3 is 0 Å². The molecule has 0 aliphatic heterocycles. The summed E-state index contributed by atoms with van der Waals surface area (Å²) in [7, 11) is 0. The summed E-state index contributed by atoms with van der Waals surface area (Å²) in [6, 6.07) is 11.2. The number of benzene rings is 2. The van der Waals surface area contributed by atoms with Crippen LogP contribution in [-0.2, 0) is 0 Å². The minimum absolute atomic E-state index is 0.146. The van der Waals surface area contributed by atoms with Gasteiger partial charge in [-0.25, -0.2) is 0 Å². The van der Waals surface area contributed by atoms with Crippen LogP contribution in [0.5, 0.6) is 0 Å². The summed E-state index contributed by atoms with van der Waals surface area (Å²) in [4.78, 5) is 10.8. The monoisotopic (exact) mass is 210 g/mol. The second-order valence-electron chi connectivity index (χ2n) is 3.36. The quantitative estimate of drug-likeness (QED) is 0.577. The maximum atomic E-state index is 10.8. The molecule has 0 atom stereocenters. The summed E-state index contributed by atoms with van der Waals surface area (Å²) in [6.07, 6.45) is 0.849.